The van der Waals surface area contributed by atoms with Crippen LogP contribution in [0.3, 0.4) is 0 Å². The largest absolute Gasteiger partial charge is 0.218 e. The number of hydrogen-bond donors (Lipinski definition) is 0. The molecule has 3 nitrogen and oxygen atoms in total. The summed E-state index contributed by atoms with van der Waals surface area (Å²) in [7, 11) is -3.73. The van der Waals surface area contributed by atoms with Crippen molar-refractivity contribution in [3.05, 3.63) is 40.8 Å². The van der Waals surface area contributed by atoms with Crippen LogP contribution in [0, 0.1) is 11.3 Å². The van der Waals surface area contributed by atoms with E-state index in [4.69, 9.17) is 16.9 Å². The monoisotopic (exact) mass is 227 g/mol. The number of halogens is 1. The molecule has 1 aromatic rings. The van der Waals surface area contributed by atoms with Crippen molar-refractivity contribution >= 4 is 21.4 Å². The van der Waals surface area contributed by atoms with Crippen molar-refractivity contribution in [1.29, 1.82) is 5.26 Å². The zero-order valence-electron chi connectivity index (χ0n) is 7.01. The van der Waals surface area contributed by atoms with Gasteiger partial charge >= 0.3 is 0 Å². The summed E-state index contributed by atoms with van der Waals surface area (Å²) < 4.78 is 23.2. The Labute approximate surface area is 87.2 Å². The molecule has 0 radical (unpaired) electrons. The topological polar surface area (TPSA) is 57.9 Å². The van der Waals surface area contributed by atoms with Gasteiger partial charge in [-0.1, -0.05) is 29.8 Å². The van der Waals surface area contributed by atoms with Gasteiger partial charge in [0.05, 0.1) is 4.90 Å². The molecule has 0 bridgehead atoms. The Morgan fingerprint density at radius 1 is 1.36 bits per heavy atom. The minimum atomic E-state index is -3.73. The smallest absolute Gasteiger partial charge is 0.217 e. The maximum Gasteiger partial charge on any atom is 0.217 e. The van der Waals surface area contributed by atoms with Crippen LogP contribution in [0.25, 0.3) is 0 Å². The van der Waals surface area contributed by atoms with Crippen LogP contribution in [-0.2, 0) is 9.84 Å². The van der Waals surface area contributed by atoms with Gasteiger partial charge in [0.25, 0.3) is 0 Å². The first-order valence-electron chi connectivity index (χ1n) is 3.63. The summed E-state index contributed by atoms with van der Waals surface area (Å²) in [6.45, 7) is 0. The highest BCUT2D eigenvalue weighted by Crippen LogP contribution is 2.18. The number of allylic oxidation sites excluding steroid dienone is 1. The van der Waals surface area contributed by atoms with Gasteiger partial charge in [0.15, 0.2) is 4.91 Å². The predicted octanol–water partition coefficient (Wildman–Crippen LogP) is 2.06. The van der Waals surface area contributed by atoms with Crippen molar-refractivity contribution in [2.75, 3.05) is 0 Å². The van der Waals surface area contributed by atoms with Crippen LogP contribution in [0.4, 0.5) is 0 Å². The molecule has 0 unspecified atom stereocenters. The molecular formula is C9H6ClNO2S. The lowest BCUT2D eigenvalue weighted by atomic mass is 10.4. The molecule has 0 aromatic heterocycles. The Hall–Kier alpha value is -1.31. The summed E-state index contributed by atoms with van der Waals surface area (Å²) in [4.78, 5) is -0.390. The van der Waals surface area contributed by atoms with Crippen LogP contribution in [0.5, 0.6) is 0 Å². The fourth-order valence-electron chi connectivity index (χ4n) is 0.870. The van der Waals surface area contributed by atoms with Crippen molar-refractivity contribution in [3.8, 4) is 6.07 Å². The molecule has 0 aliphatic rings. The summed E-state index contributed by atoms with van der Waals surface area (Å²) in [6.07, 6.45) is 0. The Bertz CT molecular complexity index is 485. The second-order valence-electron chi connectivity index (χ2n) is 2.40. The van der Waals surface area contributed by atoms with Crippen LogP contribution in [0.2, 0.25) is 0 Å². The molecule has 0 saturated carbocycles. The van der Waals surface area contributed by atoms with Gasteiger partial charge in [-0.3, -0.25) is 0 Å². The van der Waals surface area contributed by atoms with Crippen LogP contribution in [-0.4, -0.2) is 8.42 Å². The van der Waals surface area contributed by atoms with E-state index in [0.29, 0.717) is 0 Å². The number of hydrogen-bond acceptors (Lipinski definition) is 3. The molecule has 14 heavy (non-hydrogen) atoms. The molecule has 0 spiro atoms. The van der Waals surface area contributed by atoms with E-state index in [2.05, 4.69) is 0 Å². The van der Waals surface area contributed by atoms with Gasteiger partial charge in [-0.25, -0.2) is 8.42 Å². The van der Waals surface area contributed by atoms with E-state index in [1.165, 1.54) is 18.2 Å². The second-order valence-corrected chi connectivity index (χ2v) is 4.54. The van der Waals surface area contributed by atoms with Gasteiger partial charge in [-0.15, -0.1) is 0 Å². The van der Waals surface area contributed by atoms with Crippen LogP contribution < -0.4 is 0 Å². The summed E-state index contributed by atoms with van der Waals surface area (Å²) in [5.74, 6) is 0. The lowest BCUT2D eigenvalue weighted by molar-refractivity contribution is 0.603. The van der Waals surface area contributed by atoms with E-state index in [0.717, 1.165) is 5.54 Å². The first kappa shape index (κ1) is 10.8. The third kappa shape index (κ3) is 1.95. The quantitative estimate of drug-likeness (QED) is 0.727. The number of nitrogens with zero attached hydrogens (tertiary/aromatic N) is 1. The van der Waals surface area contributed by atoms with Crippen LogP contribution >= 0.6 is 11.6 Å². The van der Waals surface area contributed by atoms with Crippen LogP contribution in [0.15, 0.2) is 45.7 Å². The number of sulfone groups is 1. The maximum atomic E-state index is 11.6. The van der Waals surface area contributed by atoms with Crippen LogP contribution in [0.1, 0.15) is 0 Å². The third-order valence-corrected chi connectivity index (χ3v) is 3.58. The average molecular weight is 228 g/mol. The van der Waals surface area contributed by atoms with Crippen molar-refractivity contribution in [2.24, 2.45) is 0 Å². The molecule has 0 fully saturated rings. The maximum absolute atomic E-state index is 11.6. The van der Waals surface area contributed by atoms with Gasteiger partial charge in [-0.05, 0) is 12.1 Å². The highest BCUT2D eigenvalue weighted by atomic mass is 35.5. The molecule has 0 N–H and O–H groups in total. The van der Waals surface area contributed by atoms with Gasteiger partial charge in [0, 0.05) is 5.54 Å². The third-order valence-electron chi connectivity index (χ3n) is 1.55. The van der Waals surface area contributed by atoms with Crippen molar-refractivity contribution in [2.45, 2.75) is 4.90 Å². The molecule has 0 atom stereocenters. The molecule has 72 valence electrons. The van der Waals surface area contributed by atoms with Gasteiger partial charge in [0.1, 0.15) is 6.07 Å². The van der Waals surface area contributed by atoms with E-state index in [1.54, 1.807) is 18.2 Å². The molecule has 5 heteroatoms. The number of rotatable bonds is 2. The van der Waals surface area contributed by atoms with E-state index in [-0.39, 0.29) is 4.90 Å². The number of benzene rings is 1. The SMILES string of the molecule is N#CC(=CCl)S(=O)(=O)c1ccccc1. The average Bonchev–Trinajstić information content (AvgIpc) is 2.20. The normalized spacial score (nSPS) is 12.1. The molecular weight excluding hydrogens is 222 g/mol. The summed E-state index contributed by atoms with van der Waals surface area (Å²) in [5.41, 5.74) is 0.766. The Kier molecular flexibility index (Phi) is 3.28. The fraction of sp³-hybridized carbons (Fsp3) is 0. The molecule has 0 amide bonds. The van der Waals surface area contributed by atoms with Gasteiger partial charge < -0.3 is 0 Å². The van der Waals surface area contributed by atoms with Crippen molar-refractivity contribution in [1.82, 2.24) is 0 Å². The van der Waals surface area contributed by atoms with Gasteiger partial charge in [-0.2, -0.15) is 5.26 Å². The van der Waals surface area contributed by atoms with E-state index in [1.807, 2.05) is 0 Å². The van der Waals surface area contributed by atoms with Crippen molar-refractivity contribution < 1.29 is 8.42 Å². The lowest BCUT2D eigenvalue weighted by Crippen LogP contribution is -2.02. The zero-order chi connectivity index (χ0) is 10.6. The second kappa shape index (κ2) is 4.27. The molecule has 1 aromatic carbocycles. The first-order valence-corrected chi connectivity index (χ1v) is 5.55. The molecule has 0 saturated heterocycles. The first-order chi connectivity index (χ1) is 6.62. The zero-order valence-corrected chi connectivity index (χ0v) is 8.59. The Morgan fingerprint density at radius 2 is 1.93 bits per heavy atom. The fourth-order valence-corrected chi connectivity index (χ4v) is 2.28. The minimum Gasteiger partial charge on any atom is -0.218 e. The Morgan fingerprint density at radius 3 is 2.36 bits per heavy atom. The van der Waals surface area contributed by atoms with Crippen molar-refractivity contribution in [3.63, 3.8) is 0 Å². The van der Waals surface area contributed by atoms with E-state index in [9.17, 15) is 8.42 Å². The van der Waals surface area contributed by atoms with Gasteiger partial charge in [0.2, 0.25) is 9.84 Å². The summed E-state index contributed by atoms with van der Waals surface area (Å²) in [5, 5.41) is 8.54. The summed E-state index contributed by atoms with van der Waals surface area (Å²) in [6, 6.07) is 9.20. The highest BCUT2D eigenvalue weighted by Gasteiger charge is 2.19. The predicted molar refractivity (Wildman–Crippen MR) is 53.2 cm³/mol. The summed E-state index contributed by atoms with van der Waals surface area (Å²) >= 11 is 5.24. The standard InChI is InChI=1S/C9H6ClNO2S/c10-6-9(7-11)14(12,13)8-4-2-1-3-5-8/h1-6H. The number of nitriles is 1. The molecule has 0 aliphatic heterocycles. The molecule has 0 heterocycles. The minimum absolute atomic E-state index is 0.0634. The van der Waals surface area contributed by atoms with E-state index < -0.39 is 14.7 Å². The van der Waals surface area contributed by atoms with E-state index >= 15 is 0 Å². The lowest BCUT2D eigenvalue weighted by Gasteiger charge is -2.00. The highest BCUT2D eigenvalue weighted by molar-refractivity contribution is 7.95. The molecule has 1 rings (SSSR count). The Balaban J connectivity index is 3.32. The molecule has 0 aliphatic carbocycles.